The van der Waals surface area contributed by atoms with Crippen molar-refractivity contribution in [2.75, 3.05) is 13.2 Å². The molecule has 1 unspecified atom stereocenters. The first kappa shape index (κ1) is 13.4. The molecule has 1 saturated heterocycles. The summed E-state index contributed by atoms with van der Waals surface area (Å²) in [5.41, 5.74) is 6.94. The molecule has 1 heterocycles. The van der Waals surface area contributed by atoms with Crippen molar-refractivity contribution in [3.8, 4) is 5.75 Å². The van der Waals surface area contributed by atoms with Gasteiger partial charge in [-0.2, -0.15) is 0 Å². The minimum Gasteiger partial charge on any atom is -0.494 e. The highest BCUT2D eigenvalue weighted by atomic mass is 16.5. The van der Waals surface area contributed by atoms with Gasteiger partial charge in [0.1, 0.15) is 5.75 Å². The summed E-state index contributed by atoms with van der Waals surface area (Å²) in [6, 6.07) is 8.12. The maximum Gasteiger partial charge on any atom is 0.119 e. The van der Waals surface area contributed by atoms with E-state index < -0.39 is 0 Å². The molecule has 0 aromatic heterocycles. The summed E-state index contributed by atoms with van der Waals surface area (Å²) in [6.07, 6.45) is 5.05. The quantitative estimate of drug-likeness (QED) is 0.788. The first-order chi connectivity index (χ1) is 8.75. The molecule has 0 saturated carbocycles. The Bertz CT molecular complexity index is 342. The molecule has 1 aliphatic heterocycles. The van der Waals surface area contributed by atoms with Crippen LogP contribution in [-0.2, 0) is 4.74 Å². The van der Waals surface area contributed by atoms with Gasteiger partial charge in [-0.15, -0.1) is 0 Å². The molecule has 0 aliphatic carbocycles. The van der Waals surface area contributed by atoms with Crippen LogP contribution in [-0.4, -0.2) is 19.3 Å². The van der Waals surface area contributed by atoms with Crippen LogP contribution in [0.1, 0.15) is 44.2 Å². The second kappa shape index (κ2) is 6.76. The molecule has 100 valence electrons. The fourth-order valence-corrected chi connectivity index (χ4v) is 2.24. The summed E-state index contributed by atoms with van der Waals surface area (Å²) in [6.45, 7) is 3.68. The first-order valence-corrected chi connectivity index (χ1v) is 6.85. The Morgan fingerprint density at radius 1 is 1.39 bits per heavy atom. The molecular formula is C15H23NO2. The van der Waals surface area contributed by atoms with Gasteiger partial charge in [0.2, 0.25) is 0 Å². The second-order valence-corrected chi connectivity index (χ2v) is 4.98. The van der Waals surface area contributed by atoms with E-state index in [9.17, 15) is 0 Å². The van der Waals surface area contributed by atoms with Gasteiger partial charge >= 0.3 is 0 Å². The lowest BCUT2D eigenvalue weighted by molar-refractivity contribution is 0.0981. The van der Waals surface area contributed by atoms with Crippen LogP contribution in [0.5, 0.6) is 5.75 Å². The zero-order chi connectivity index (χ0) is 12.8. The van der Waals surface area contributed by atoms with E-state index >= 15 is 0 Å². The topological polar surface area (TPSA) is 44.5 Å². The molecule has 2 atom stereocenters. The molecule has 0 spiro atoms. The molecule has 2 rings (SSSR count). The number of benzene rings is 1. The third kappa shape index (κ3) is 4.00. The Morgan fingerprint density at radius 3 is 2.78 bits per heavy atom. The molecule has 3 nitrogen and oxygen atoms in total. The minimum absolute atomic E-state index is 0.0820. The lowest BCUT2D eigenvalue weighted by Crippen LogP contribution is -2.08. The fraction of sp³-hybridized carbons (Fsp3) is 0.600. The van der Waals surface area contributed by atoms with Crippen LogP contribution in [0.25, 0.3) is 0 Å². The van der Waals surface area contributed by atoms with Gasteiger partial charge in [0.25, 0.3) is 0 Å². The average Bonchev–Trinajstić information content (AvgIpc) is 2.88. The third-order valence-corrected chi connectivity index (χ3v) is 3.37. The van der Waals surface area contributed by atoms with E-state index in [0.29, 0.717) is 6.10 Å². The van der Waals surface area contributed by atoms with E-state index in [0.717, 1.165) is 37.4 Å². The summed E-state index contributed by atoms with van der Waals surface area (Å²) < 4.78 is 11.3. The van der Waals surface area contributed by atoms with Gasteiger partial charge in [0.15, 0.2) is 0 Å². The molecule has 1 aromatic rings. The van der Waals surface area contributed by atoms with Crippen LogP contribution in [0.15, 0.2) is 24.3 Å². The van der Waals surface area contributed by atoms with Crippen molar-refractivity contribution in [3.05, 3.63) is 29.8 Å². The number of hydrogen-bond donors (Lipinski definition) is 1. The van der Waals surface area contributed by atoms with Crippen molar-refractivity contribution in [1.29, 1.82) is 0 Å². The van der Waals surface area contributed by atoms with E-state index in [2.05, 4.69) is 0 Å². The highest BCUT2D eigenvalue weighted by Crippen LogP contribution is 2.18. The van der Waals surface area contributed by atoms with Crippen molar-refractivity contribution < 1.29 is 9.47 Å². The van der Waals surface area contributed by atoms with Gasteiger partial charge in [-0.1, -0.05) is 12.1 Å². The number of rotatable bonds is 6. The smallest absolute Gasteiger partial charge is 0.119 e. The molecular weight excluding hydrogens is 226 g/mol. The van der Waals surface area contributed by atoms with Crippen LogP contribution in [0, 0.1) is 0 Å². The third-order valence-electron chi connectivity index (χ3n) is 3.37. The maximum absolute atomic E-state index is 5.80. The standard InChI is InChI=1S/C15H23NO2/c1-12(16)13-6-8-15(9-7-13)18-11-3-5-14-4-2-10-17-14/h6-9,12,14H,2-5,10-11,16H2,1H3/t12-,14?/m0/s1. The minimum atomic E-state index is 0.0820. The summed E-state index contributed by atoms with van der Waals surface area (Å²) in [5.74, 6) is 0.923. The van der Waals surface area contributed by atoms with E-state index in [1.165, 1.54) is 12.8 Å². The molecule has 0 amide bonds. The van der Waals surface area contributed by atoms with Gasteiger partial charge < -0.3 is 15.2 Å². The van der Waals surface area contributed by atoms with Crippen LogP contribution in [0.4, 0.5) is 0 Å². The summed E-state index contributed by atoms with van der Waals surface area (Å²) >= 11 is 0. The Balaban J connectivity index is 1.66. The second-order valence-electron chi connectivity index (χ2n) is 4.98. The predicted octanol–water partition coefficient (Wildman–Crippen LogP) is 3.04. The van der Waals surface area contributed by atoms with E-state index in [1.54, 1.807) is 0 Å². The van der Waals surface area contributed by atoms with Gasteiger partial charge in [-0.05, 0) is 50.3 Å². The van der Waals surface area contributed by atoms with Crippen molar-refractivity contribution in [3.63, 3.8) is 0 Å². The van der Waals surface area contributed by atoms with Crippen molar-refractivity contribution in [1.82, 2.24) is 0 Å². The molecule has 18 heavy (non-hydrogen) atoms. The summed E-state index contributed by atoms with van der Waals surface area (Å²) in [4.78, 5) is 0. The van der Waals surface area contributed by atoms with Crippen LogP contribution < -0.4 is 10.5 Å². The average molecular weight is 249 g/mol. The zero-order valence-electron chi connectivity index (χ0n) is 11.1. The Labute approximate surface area is 109 Å². The highest BCUT2D eigenvalue weighted by Gasteiger charge is 2.14. The molecule has 0 radical (unpaired) electrons. The Morgan fingerprint density at radius 2 is 2.17 bits per heavy atom. The Kier molecular flexibility index (Phi) is 5.02. The summed E-state index contributed by atoms with van der Waals surface area (Å²) in [5, 5.41) is 0. The molecule has 1 aliphatic rings. The van der Waals surface area contributed by atoms with Gasteiger partial charge in [-0.3, -0.25) is 0 Å². The van der Waals surface area contributed by atoms with E-state index in [4.69, 9.17) is 15.2 Å². The van der Waals surface area contributed by atoms with Gasteiger partial charge in [0, 0.05) is 12.6 Å². The van der Waals surface area contributed by atoms with Crippen molar-refractivity contribution >= 4 is 0 Å². The van der Waals surface area contributed by atoms with Gasteiger partial charge in [-0.25, -0.2) is 0 Å². The molecule has 1 aromatic carbocycles. The highest BCUT2D eigenvalue weighted by molar-refractivity contribution is 5.28. The normalized spacial score (nSPS) is 20.9. The monoisotopic (exact) mass is 249 g/mol. The molecule has 0 bridgehead atoms. The Hall–Kier alpha value is -1.06. The predicted molar refractivity (Wildman–Crippen MR) is 72.7 cm³/mol. The lowest BCUT2D eigenvalue weighted by Gasteiger charge is -2.11. The number of nitrogens with two attached hydrogens (primary N) is 1. The number of ether oxygens (including phenoxy) is 2. The molecule has 1 fully saturated rings. The van der Waals surface area contributed by atoms with Crippen LogP contribution in [0.3, 0.4) is 0 Å². The van der Waals surface area contributed by atoms with E-state index in [1.807, 2.05) is 31.2 Å². The molecule has 3 heteroatoms. The lowest BCUT2D eigenvalue weighted by atomic mass is 10.1. The SMILES string of the molecule is C[C@H](N)c1ccc(OCCCC2CCCO2)cc1. The zero-order valence-corrected chi connectivity index (χ0v) is 11.1. The fourth-order valence-electron chi connectivity index (χ4n) is 2.24. The largest absolute Gasteiger partial charge is 0.494 e. The van der Waals surface area contributed by atoms with Crippen LogP contribution in [0.2, 0.25) is 0 Å². The molecule has 2 N–H and O–H groups in total. The first-order valence-electron chi connectivity index (χ1n) is 6.85. The number of hydrogen-bond acceptors (Lipinski definition) is 3. The van der Waals surface area contributed by atoms with E-state index in [-0.39, 0.29) is 6.04 Å². The summed E-state index contributed by atoms with van der Waals surface area (Å²) in [7, 11) is 0. The van der Waals surface area contributed by atoms with Crippen molar-refractivity contribution in [2.24, 2.45) is 5.73 Å². The maximum atomic E-state index is 5.80. The van der Waals surface area contributed by atoms with Gasteiger partial charge in [0.05, 0.1) is 12.7 Å². The van der Waals surface area contributed by atoms with Crippen LogP contribution >= 0.6 is 0 Å². The van der Waals surface area contributed by atoms with Crippen molar-refractivity contribution in [2.45, 2.75) is 44.8 Å².